The Bertz CT molecular complexity index is 560. The van der Waals surface area contributed by atoms with Crippen LogP contribution in [0.3, 0.4) is 0 Å². The zero-order chi connectivity index (χ0) is 15.2. The van der Waals surface area contributed by atoms with Crippen molar-refractivity contribution in [3.05, 3.63) is 29.3 Å². The molecule has 3 nitrogen and oxygen atoms in total. The van der Waals surface area contributed by atoms with E-state index in [0.717, 1.165) is 37.2 Å². The van der Waals surface area contributed by atoms with E-state index in [9.17, 15) is 9.18 Å². The minimum Gasteiger partial charge on any atom is -0.325 e. The first-order valence-electron chi connectivity index (χ1n) is 7.78. The van der Waals surface area contributed by atoms with Gasteiger partial charge in [-0.25, -0.2) is 4.39 Å². The Labute approximate surface area is 125 Å². The molecule has 114 valence electrons. The number of piperidine rings is 1. The van der Waals surface area contributed by atoms with Crippen LogP contribution >= 0.6 is 0 Å². The third-order valence-corrected chi connectivity index (χ3v) is 5.08. The van der Waals surface area contributed by atoms with Crippen molar-refractivity contribution in [2.75, 3.05) is 18.4 Å². The van der Waals surface area contributed by atoms with Crippen LogP contribution in [0.15, 0.2) is 18.2 Å². The van der Waals surface area contributed by atoms with E-state index in [1.807, 2.05) is 12.1 Å². The average molecular weight is 290 g/mol. The Balaban J connectivity index is 1.95. The van der Waals surface area contributed by atoms with Gasteiger partial charge in [0.2, 0.25) is 5.91 Å². The number of halogens is 1. The molecule has 0 bridgehead atoms. The van der Waals surface area contributed by atoms with Gasteiger partial charge in [0.15, 0.2) is 0 Å². The molecule has 1 saturated heterocycles. The van der Waals surface area contributed by atoms with Gasteiger partial charge in [-0.2, -0.15) is 0 Å². The van der Waals surface area contributed by atoms with Crippen molar-refractivity contribution in [1.82, 2.24) is 4.90 Å². The smallest absolute Gasteiger partial charge is 0.235 e. The van der Waals surface area contributed by atoms with Crippen LogP contribution in [0, 0.1) is 0 Å². The number of rotatable bonds is 2. The van der Waals surface area contributed by atoms with Gasteiger partial charge in [0.05, 0.1) is 5.41 Å². The summed E-state index contributed by atoms with van der Waals surface area (Å²) in [7, 11) is 0. The van der Waals surface area contributed by atoms with Crippen molar-refractivity contribution < 1.29 is 9.18 Å². The lowest BCUT2D eigenvalue weighted by molar-refractivity contribution is -0.122. The van der Waals surface area contributed by atoms with Crippen LogP contribution in [-0.4, -0.2) is 29.9 Å². The number of benzene rings is 1. The number of carbonyl (C=O) groups is 1. The molecule has 0 radical (unpaired) electrons. The summed E-state index contributed by atoms with van der Waals surface area (Å²) >= 11 is 0. The maximum Gasteiger partial charge on any atom is 0.235 e. The number of nitrogens with zero attached hydrogens (tertiary/aromatic N) is 1. The molecule has 1 spiro atoms. The predicted molar refractivity (Wildman–Crippen MR) is 82.2 cm³/mol. The van der Waals surface area contributed by atoms with Crippen LogP contribution in [0.5, 0.6) is 0 Å². The van der Waals surface area contributed by atoms with E-state index < -0.39 is 11.6 Å². The first-order chi connectivity index (χ1) is 9.94. The highest BCUT2D eigenvalue weighted by atomic mass is 19.1. The topological polar surface area (TPSA) is 32.3 Å². The normalized spacial score (nSPS) is 22.4. The summed E-state index contributed by atoms with van der Waals surface area (Å²) in [6, 6.07) is 6.01. The molecule has 3 rings (SSSR count). The number of hydrogen-bond donors (Lipinski definition) is 1. The fourth-order valence-corrected chi connectivity index (χ4v) is 3.60. The Morgan fingerprint density at radius 2 is 1.90 bits per heavy atom. The van der Waals surface area contributed by atoms with E-state index in [2.05, 4.69) is 24.1 Å². The van der Waals surface area contributed by atoms with Crippen LogP contribution in [-0.2, 0) is 10.2 Å². The first kappa shape index (κ1) is 14.5. The molecule has 2 aliphatic heterocycles. The van der Waals surface area contributed by atoms with Gasteiger partial charge < -0.3 is 10.2 Å². The van der Waals surface area contributed by atoms with Gasteiger partial charge in [-0.1, -0.05) is 6.07 Å². The molecule has 1 atom stereocenters. The number of nitrogens with one attached hydrogen (secondary N) is 1. The third kappa shape index (κ3) is 2.26. The highest BCUT2D eigenvalue weighted by Gasteiger charge is 2.48. The first-order valence-corrected chi connectivity index (χ1v) is 7.78. The molecule has 21 heavy (non-hydrogen) atoms. The quantitative estimate of drug-likeness (QED) is 0.905. The SMILES string of the molecule is CC(F)c1ccc2c(c1)C1(CCN(C(C)C)CC1)C(=O)N2. The molecule has 0 saturated carbocycles. The predicted octanol–water partition coefficient (Wildman–Crippen LogP) is 3.41. The second-order valence-electron chi connectivity index (χ2n) is 6.59. The van der Waals surface area contributed by atoms with E-state index >= 15 is 0 Å². The molecule has 1 amide bonds. The molecule has 0 aliphatic carbocycles. The highest BCUT2D eigenvalue weighted by Crippen LogP contribution is 2.46. The van der Waals surface area contributed by atoms with E-state index in [1.165, 1.54) is 0 Å². The summed E-state index contributed by atoms with van der Waals surface area (Å²) in [5.41, 5.74) is 2.07. The van der Waals surface area contributed by atoms with Crippen molar-refractivity contribution in [3.8, 4) is 0 Å². The van der Waals surface area contributed by atoms with Gasteiger partial charge >= 0.3 is 0 Å². The Morgan fingerprint density at radius 3 is 2.48 bits per heavy atom. The Hall–Kier alpha value is -1.42. The highest BCUT2D eigenvalue weighted by molar-refractivity contribution is 6.06. The summed E-state index contributed by atoms with van der Waals surface area (Å²) in [5.74, 6) is 0.0876. The fourth-order valence-electron chi connectivity index (χ4n) is 3.60. The standard InChI is InChI=1S/C17H23FN2O/c1-11(2)20-8-6-17(7-9-20)14-10-13(12(3)18)4-5-15(14)19-16(17)21/h4-5,10-12H,6-9H2,1-3H3,(H,19,21). The van der Waals surface area contributed by atoms with Gasteiger partial charge in [0.25, 0.3) is 0 Å². The van der Waals surface area contributed by atoms with Crippen molar-refractivity contribution in [2.24, 2.45) is 0 Å². The summed E-state index contributed by atoms with van der Waals surface area (Å²) in [5, 5.41) is 2.99. The lowest BCUT2D eigenvalue weighted by Crippen LogP contribution is -2.48. The van der Waals surface area contributed by atoms with Crippen LogP contribution in [0.4, 0.5) is 10.1 Å². The zero-order valence-electron chi connectivity index (χ0n) is 12.9. The maximum atomic E-state index is 13.6. The zero-order valence-corrected chi connectivity index (χ0v) is 12.9. The second kappa shape index (κ2) is 5.09. The largest absolute Gasteiger partial charge is 0.325 e. The van der Waals surface area contributed by atoms with Crippen LogP contribution < -0.4 is 5.32 Å². The van der Waals surface area contributed by atoms with E-state index in [4.69, 9.17) is 0 Å². The molecular weight excluding hydrogens is 267 g/mol. The number of alkyl halides is 1. The van der Waals surface area contributed by atoms with Gasteiger partial charge in [0.1, 0.15) is 6.17 Å². The molecule has 1 fully saturated rings. The number of anilines is 1. The van der Waals surface area contributed by atoms with Crippen molar-refractivity contribution in [3.63, 3.8) is 0 Å². The molecule has 1 aromatic carbocycles. The molecule has 1 unspecified atom stereocenters. The molecular formula is C17H23FN2O. The Morgan fingerprint density at radius 1 is 1.24 bits per heavy atom. The van der Waals surface area contributed by atoms with Gasteiger partial charge in [-0.3, -0.25) is 4.79 Å². The van der Waals surface area contributed by atoms with E-state index in [-0.39, 0.29) is 5.91 Å². The summed E-state index contributed by atoms with van der Waals surface area (Å²) in [6.45, 7) is 7.74. The summed E-state index contributed by atoms with van der Waals surface area (Å²) in [4.78, 5) is 14.9. The number of amides is 1. The third-order valence-electron chi connectivity index (χ3n) is 5.08. The maximum absolute atomic E-state index is 13.6. The molecule has 2 aliphatic rings. The average Bonchev–Trinajstić information content (AvgIpc) is 2.72. The number of carbonyl (C=O) groups excluding carboxylic acids is 1. The lowest BCUT2D eigenvalue weighted by atomic mass is 9.73. The Kier molecular flexibility index (Phi) is 3.52. The number of hydrogen-bond acceptors (Lipinski definition) is 2. The van der Waals surface area contributed by atoms with Crippen LogP contribution in [0.1, 0.15) is 50.9 Å². The van der Waals surface area contributed by atoms with Gasteiger partial charge in [0, 0.05) is 11.7 Å². The molecule has 0 aromatic heterocycles. The molecule has 1 aromatic rings. The minimum atomic E-state index is -1.00. The summed E-state index contributed by atoms with van der Waals surface area (Å²) in [6.07, 6.45) is 0.626. The second-order valence-corrected chi connectivity index (χ2v) is 6.59. The number of fused-ring (bicyclic) bond motifs is 2. The van der Waals surface area contributed by atoms with Gasteiger partial charge in [-0.05, 0) is 70.0 Å². The molecule has 2 heterocycles. The monoisotopic (exact) mass is 290 g/mol. The van der Waals surface area contributed by atoms with E-state index in [0.29, 0.717) is 11.6 Å². The minimum absolute atomic E-state index is 0.0876. The van der Waals surface area contributed by atoms with Crippen LogP contribution in [0.25, 0.3) is 0 Å². The molecule has 4 heteroatoms. The lowest BCUT2D eigenvalue weighted by Gasteiger charge is -2.39. The number of likely N-dealkylation sites (tertiary alicyclic amines) is 1. The van der Waals surface area contributed by atoms with Crippen molar-refractivity contribution in [1.29, 1.82) is 0 Å². The summed E-state index contributed by atoms with van der Waals surface area (Å²) < 4.78 is 13.6. The van der Waals surface area contributed by atoms with Crippen molar-refractivity contribution >= 4 is 11.6 Å². The van der Waals surface area contributed by atoms with Gasteiger partial charge in [-0.15, -0.1) is 0 Å². The fraction of sp³-hybridized carbons (Fsp3) is 0.588. The van der Waals surface area contributed by atoms with Crippen molar-refractivity contribution in [2.45, 2.75) is 51.2 Å². The van der Waals surface area contributed by atoms with E-state index in [1.54, 1.807) is 13.0 Å². The molecule has 1 N–H and O–H groups in total. The van der Waals surface area contributed by atoms with Crippen LogP contribution in [0.2, 0.25) is 0 Å².